The van der Waals surface area contributed by atoms with Crippen molar-refractivity contribution >= 4 is 0 Å². The molecule has 0 aliphatic heterocycles. The Morgan fingerprint density at radius 3 is 2.95 bits per heavy atom. The van der Waals surface area contributed by atoms with Gasteiger partial charge in [0.05, 0.1) is 18.5 Å². The first kappa shape index (κ1) is 13.6. The van der Waals surface area contributed by atoms with Crippen LogP contribution in [-0.2, 0) is 6.54 Å². The molecule has 0 aliphatic carbocycles. The van der Waals surface area contributed by atoms with Crippen molar-refractivity contribution in [3.8, 4) is 17.0 Å². The number of H-pyrrole nitrogens is 1. The molecule has 4 heteroatoms. The average molecular weight is 259 g/mol. The maximum absolute atomic E-state index is 5.53. The molecule has 1 heterocycles. The Labute approximate surface area is 114 Å². The second kappa shape index (κ2) is 6.38. The van der Waals surface area contributed by atoms with Crippen LogP contribution in [-0.4, -0.2) is 22.8 Å². The van der Waals surface area contributed by atoms with Gasteiger partial charge in [0.25, 0.3) is 0 Å². The lowest BCUT2D eigenvalue weighted by molar-refractivity contribution is 0.340. The predicted octanol–water partition coefficient (Wildman–Crippen LogP) is 2.97. The van der Waals surface area contributed by atoms with Gasteiger partial charge in [0, 0.05) is 23.7 Å². The molecule has 0 atom stereocenters. The number of nitrogens with one attached hydrogen (secondary N) is 2. The van der Waals surface area contributed by atoms with E-state index < -0.39 is 0 Å². The topological polar surface area (TPSA) is 49.9 Å². The zero-order valence-electron chi connectivity index (χ0n) is 11.7. The largest absolute Gasteiger partial charge is 0.494 e. The van der Waals surface area contributed by atoms with Crippen LogP contribution < -0.4 is 10.1 Å². The summed E-state index contributed by atoms with van der Waals surface area (Å²) in [4.78, 5) is 0. The van der Waals surface area contributed by atoms with Crippen LogP contribution in [0.3, 0.4) is 0 Å². The molecule has 0 aliphatic rings. The van der Waals surface area contributed by atoms with E-state index >= 15 is 0 Å². The minimum Gasteiger partial charge on any atom is -0.494 e. The third-order valence-corrected chi connectivity index (χ3v) is 2.85. The second-order valence-electron chi connectivity index (χ2n) is 4.77. The van der Waals surface area contributed by atoms with E-state index in [2.05, 4.69) is 35.4 Å². The van der Waals surface area contributed by atoms with Gasteiger partial charge in [-0.2, -0.15) is 5.10 Å². The molecule has 0 fully saturated rings. The van der Waals surface area contributed by atoms with Gasteiger partial charge in [0.1, 0.15) is 5.75 Å². The fourth-order valence-corrected chi connectivity index (χ4v) is 1.92. The second-order valence-corrected chi connectivity index (χ2v) is 4.77. The summed E-state index contributed by atoms with van der Waals surface area (Å²) in [6.07, 6.45) is 1.87. The summed E-state index contributed by atoms with van der Waals surface area (Å²) in [5.41, 5.74) is 3.32. The first-order valence-electron chi connectivity index (χ1n) is 6.69. The van der Waals surface area contributed by atoms with Crippen molar-refractivity contribution in [1.29, 1.82) is 0 Å². The van der Waals surface area contributed by atoms with E-state index in [1.54, 1.807) is 0 Å². The number of hydrogen-bond donors (Lipinski definition) is 2. The third-order valence-electron chi connectivity index (χ3n) is 2.85. The first-order chi connectivity index (χ1) is 9.20. The molecule has 2 aromatic rings. The number of ether oxygens (including phenoxy) is 1. The highest BCUT2D eigenvalue weighted by molar-refractivity contribution is 5.64. The molecule has 0 amide bonds. The van der Waals surface area contributed by atoms with Crippen molar-refractivity contribution in [3.05, 3.63) is 36.0 Å². The van der Waals surface area contributed by atoms with Gasteiger partial charge in [-0.05, 0) is 19.1 Å². The minimum absolute atomic E-state index is 0.456. The smallest absolute Gasteiger partial charge is 0.119 e. The monoisotopic (exact) mass is 259 g/mol. The molecular weight excluding hydrogens is 238 g/mol. The maximum Gasteiger partial charge on any atom is 0.119 e. The van der Waals surface area contributed by atoms with E-state index in [4.69, 9.17) is 4.74 Å². The zero-order valence-corrected chi connectivity index (χ0v) is 11.7. The number of hydrogen-bond acceptors (Lipinski definition) is 3. The van der Waals surface area contributed by atoms with E-state index in [1.165, 1.54) is 5.56 Å². The molecule has 4 nitrogen and oxygen atoms in total. The van der Waals surface area contributed by atoms with Crippen LogP contribution in [0.25, 0.3) is 11.3 Å². The molecule has 0 bridgehead atoms. The molecule has 0 spiro atoms. The van der Waals surface area contributed by atoms with Gasteiger partial charge < -0.3 is 10.1 Å². The molecule has 0 saturated carbocycles. The SMILES string of the molecule is CCOc1cccc(-c2[nH]ncc2CNC(C)C)c1. The molecule has 0 saturated heterocycles. The summed E-state index contributed by atoms with van der Waals surface area (Å²) in [5.74, 6) is 0.886. The number of aromatic amines is 1. The van der Waals surface area contributed by atoms with E-state index in [1.807, 2.05) is 31.3 Å². The fraction of sp³-hybridized carbons (Fsp3) is 0.400. The van der Waals surface area contributed by atoms with Crippen LogP contribution in [0.1, 0.15) is 26.3 Å². The first-order valence-corrected chi connectivity index (χ1v) is 6.69. The molecule has 0 unspecified atom stereocenters. The van der Waals surface area contributed by atoms with Gasteiger partial charge in [0.2, 0.25) is 0 Å². The lowest BCUT2D eigenvalue weighted by atomic mass is 10.1. The van der Waals surface area contributed by atoms with Crippen molar-refractivity contribution < 1.29 is 4.74 Å². The van der Waals surface area contributed by atoms with Crippen LogP contribution in [0.4, 0.5) is 0 Å². The normalized spacial score (nSPS) is 10.9. The van der Waals surface area contributed by atoms with Crippen molar-refractivity contribution in [2.45, 2.75) is 33.4 Å². The zero-order chi connectivity index (χ0) is 13.7. The number of rotatable bonds is 6. The van der Waals surface area contributed by atoms with Gasteiger partial charge in [-0.3, -0.25) is 5.10 Å². The number of benzene rings is 1. The van der Waals surface area contributed by atoms with Crippen LogP contribution in [0.15, 0.2) is 30.5 Å². The molecule has 1 aromatic heterocycles. The van der Waals surface area contributed by atoms with Crippen molar-refractivity contribution in [1.82, 2.24) is 15.5 Å². The van der Waals surface area contributed by atoms with Gasteiger partial charge in [-0.25, -0.2) is 0 Å². The van der Waals surface area contributed by atoms with Gasteiger partial charge in [0.15, 0.2) is 0 Å². The fourth-order valence-electron chi connectivity index (χ4n) is 1.92. The Balaban J connectivity index is 2.21. The van der Waals surface area contributed by atoms with E-state index in [9.17, 15) is 0 Å². The molecule has 102 valence electrons. The summed E-state index contributed by atoms with van der Waals surface area (Å²) >= 11 is 0. The van der Waals surface area contributed by atoms with Crippen molar-refractivity contribution in [2.24, 2.45) is 0 Å². The molecule has 2 N–H and O–H groups in total. The lowest BCUT2D eigenvalue weighted by Gasteiger charge is -2.09. The summed E-state index contributed by atoms with van der Waals surface area (Å²) < 4.78 is 5.53. The highest BCUT2D eigenvalue weighted by Gasteiger charge is 2.08. The standard InChI is InChI=1S/C15H21N3O/c1-4-19-14-7-5-6-12(8-14)15-13(10-17-18-15)9-16-11(2)3/h5-8,10-11,16H,4,9H2,1-3H3,(H,17,18). The molecule has 2 rings (SSSR count). The average Bonchev–Trinajstić information content (AvgIpc) is 2.85. The van der Waals surface area contributed by atoms with Gasteiger partial charge in [-0.15, -0.1) is 0 Å². The van der Waals surface area contributed by atoms with Crippen LogP contribution in [0, 0.1) is 0 Å². The Hall–Kier alpha value is -1.81. The summed E-state index contributed by atoms with van der Waals surface area (Å²) in [6.45, 7) is 7.74. The van der Waals surface area contributed by atoms with Crippen LogP contribution in [0.2, 0.25) is 0 Å². The highest BCUT2D eigenvalue weighted by atomic mass is 16.5. The Kier molecular flexibility index (Phi) is 4.58. The predicted molar refractivity (Wildman–Crippen MR) is 77.2 cm³/mol. The number of nitrogens with zero attached hydrogens (tertiary/aromatic N) is 1. The highest BCUT2D eigenvalue weighted by Crippen LogP contribution is 2.25. The van der Waals surface area contributed by atoms with Crippen LogP contribution >= 0.6 is 0 Å². The van der Waals surface area contributed by atoms with Gasteiger partial charge >= 0.3 is 0 Å². The Morgan fingerprint density at radius 2 is 2.21 bits per heavy atom. The lowest BCUT2D eigenvalue weighted by Crippen LogP contribution is -2.21. The summed E-state index contributed by atoms with van der Waals surface area (Å²) in [5, 5.41) is 10.6. The Morgan fingerprint density at radius 1 is 1.37 bits per heavy atom. The summed E-state index contributed by atoms with van der Waals surface area (Å²) in [6, 6.07) is 8.53. The van der Waals surface area contributed by atoms with E-state index in [-0.39, 0.29) is 0 Å². The molecule has 1 aromatic carbocycles. The summed E-state index contributed by atoms with van der Waals surface area (Å²) in [7, 11) is 0. The quantitative estimate of drug-likeness (QED) is 0.838. The molecular formula is C15H21N3O. The third kappa shape index (κ3) is 3.58. The Bertz CT molecular complexity index is 520. The van der Waals surface area contributed by atoms with Crippen molar-refractivity contribution in [3.63, 3.8) is 0 Å². The molecule has 0 radical (unpaired) electrons. The van der Waals surface area contributed by atoms with Crippen LogP contribution in [0.5, 0.6) is 5.75 Å². The van der Waals surface area contributed by atoms with Gasteiger partial charge in [-0.1, -0.05) is 26.0 Å². The minimum atomic E-state index is 0.456. The van der Waals surface area contributed by atoms with Crippen molar-refractivity contribution in [2.75, 3.05) is 6.61 Å². The maximum atomic E-state index is 5.53. The van der Waals surface area contributed by atoms with E-state index in [0.717, 1.165) is 23.6 Å². The molecule has 19 heavy (non-hydrogen) atoms. The number of aromatic nitrogens is 2. The van der Waals surface area contributed by atoms with E-state index in [0.29, 0.717) is 12.6 Å².